The highest BCUT2D eigenvalue weighted by atomic mass is 19.4. The first-order chi connectivity index (χ1) is 7.32. The third kappa shape index (κ3) is 3.01. The fourth-order valence-corrected chi connectivity index (χ4v) is 1.05. The number of rotatable bonds is 2. The lowest BCUT2D eigenvalue weighted by molar-refractivity contribution is -0.137. The standard InChI is InChI=1S/C10H8F5N/c1-6(9(11)12)16-8-5-3-2-4-7(8)10(13,14)15/h2-5,9H,1H3/b16-6+. The SMILES string of the molecule is C/C(=N\c1ccccc1C(F)(F)F)C(F)F. The lowest BCUT2D eigenvalue weighted by Gasteiger charge is -2.09. The van der Waals surface area contributed by atoms with Gasteiger partial charge in [-0.25, -0.2) is 8.78 Å². The summed E-state index contributed by atoms with van der Waals surface area (Å²) in [5, 5.41) is 0. The molecular formula is C10H8F5N. The molecule has 0 fully saturated rings. The molecule has 0 bridgehead atoms. The average molecular weight is 237 g/mol. The highest BCUT2D eigenvalue weighted by Crippen LogP contribution is 2.36. The summed E-state index contributed by atoms with van der Waals surface area (Å²) in [7, 11) is 0. The average Bonchev–Trinajstić information content (AvgIpc) is 2.16. The van der Waals surface area contributed by atoms with Gasteiger partial charge < -0.3 is 0 Å². The highest BCUT2D eigenvalue weighted by molar-refractivity contribution is 5.87. The van der Waals surface area contributed by atoms with Crippen LogP contribution in [0.5, 0.6) is 0 Å². The maximum absolute atomic E-state index is 12.4. The minimum Gasteiger partial charge on any atom is -0.252 e. The third-order valence-corrected chi connectivity index (χ3v) is 1.82. The van der Waals surface area contributed by atoms with E-state index < -0.39 is 29.6 Å². The number of hydrogen-bond acceptors (Lipinski definition) is 1. The molecule has 88 valence electrons. The zero-order chi connectivity index (χ0) is 12.3. The molecule has 0 aliphatic heterocycles. The van der Waals surface area contributed by atoms with Crippen LogP contribution in [0.15, 0.2) is 29.3 Å². The monoisotopic (exact) mass is 237 g/mol. The van der Waals surface area contributed by atoms with Gasteiger partial charge in [0, 0.05) is 0 Å². The van der Waals surface area contributed by atoms with Crippen molar-refractivity contribution in [2.45, 2.75) is 19.5 Å². The Hall–Kier alpha value is -1.46. The number of alkyl halides is 5. The van der Waals surface area contributed by atoms with Crippen molar-refractivity contribution in [1.82, 2.24) is 0 Å². The van der Waals surface area contributed by atoms with E-state index >= 15 is 0 Å². The molecule has 0 amide bonds. The van der Waals surface area contributed by atoms with Crippen LogP contribution in [0.4, 0.5) is 27.6 Å². The smallest absolute Gasteiger partial charge is 0.252 e. The lowest BCUT2D eigenvalue weighted by Crippen LogP contribution is -2.08. The minimum atomic E-state index is -4.59. The van der Waals surface area contributed by atoms with E-state index in [-0.39, 0.29) is 0 Å². The Kier molecular flexibility index (Phi) is 3.62. The second-order valence-corrected chi connectivity index (χ2v) is 3.07. The van der Waals surface area contributed by atoms with E-state index in [4.69, 9.17) is 0 Å². The van der Waals surface area contributed by atoms with Crippen LogP contribution in [-0.4, -0.2) is 12.1 Å². The summed E-state index contributed by atoms with van der Waals surface area (Å²) in [6.45, 7) is 0.984. The molecule has 0 aliphatic carbocycles. The molecule has 0 N–H and O–H groups in total. The second-order valence-electron chi connectivity index (χ2n) is 3.07. The molecule has 0 unspecified atom stereocenters. The van der Waals surface area contributed by atoms with E-state index in [1.54, 1.807) is 0 Å². The van der Waals surface area contributed by atoms with Gasteiger partial charge in [0.15, 0.2) is 0 Å². The van der Waals surface area contributed by atoms with Gasteiger partial charge in [-0.3, -0.25) is 4.99 Å². The van der Waals surface area contributed by atoms with E-state index in [9.17, 15) is 22.0 Å². The van der Waals surface area contributed by atoms with Crippen molar-refractivity contribution in [2.24, 2.45) is 4.99 Å². The maximum atomic E-state index is 12.4. The van der Waals surface area contributed by atoms with Gasteiger partial charge in [0.2, 0.25) is 0 Å². The first-order valence-corrected chi connectivity index (χ1v) is 4.32. The molecule has 0 saturated carbocycles. The summed E-state index contributed by atoms with van der Waals surface area (Å²) in [6.07, 6.45) is -7.45. The van der Waals surface area contributed by atoms with Crippen LogP contribution in [-0.2, 0) is 6.18 Å². The van der Waals surface area contributed by atoms with Crippen LogP contribution in [0.3, 0.4) is 0 Å². The molecule has 0 saturated heterocycles. The highest BCUT2D eigenvalue weighted by Gasteiger charge is 2.33. The number of nitrogens with zero attached hydrogens (tertiary/aromatic N) is 1. The Morgan fingerprint density at radius 3 is 2.25 bits per heavy atom. The predicted octanol–water partition coefficient (Wildman–Crippen LogP) is 4.06. The number of hydrogen-bond donors (Lipinski definition) is 0. The minimum absolute atomic E-state index is 0.493. The quantitative estimate of drug-likeness (QED) is 0.543. The van der Waals surface area contributed by atoms with Gasteiger partial charge in [0.25, 0.3) is 6.43 Å². The molecule has 0 radical (unpaired) electrons. The Balaban J connectivity index is 3.20. The summed E-state index contributed by atoms with van der Waals surface area (Å²) in [4.78, 5) is 3.27. The van der Waals surface area contributed by atoms with Crippen LogP contribution in [0.2, 0.25) is 0 Å². The lowest BCUT2D eigenvalue weighted by atomic mass is 10.1. The molecule has 0 aliphatic rings. The molecule has 0 aromatic heterocycles. The zero-order valence-corrected chi connectivity index (χ0v) is 8.22. The van der Waals surface area contributed by atoms with E-state index in [0.717, 1.165) is 19.1 Å². The second kappa shape index (κ2) is 4.59. The fourth-order valence-electron chi connectivity index (χ4n) is 1.05. The number of benzene rings is 1. The predicted molar refractivity (Wildman–Crippen MR) is 50.2 cm³/mol. The van der Waals surface area contributed by atoms with Crippen molar-refractivity contribution in [3.8, 4) is 0 Å². The van der Waals surface area contributed by atoms with Gasteiger partial charge in [-0.2, -0.15) is 13.2 Å². The van der Waals surface area contributed by atoms with E-state index in [0.29, 0.717) is 0 Å². The number of para-hydroxylation sites is 1. The van der Waals surface area contributed by atoms with Gasteiger partial charge in [-0.1, -0.05) is 12.1 Å². The fraction of sp³-hybridized carbons (Fsp3) is 0.300. The van der Waals surface area contributed by atoms with Gasteiger partial charge >= 0.3 is 6.18 Å². The van der Waals surface area contributed by atoms with Crippen molar-refractivity contribution in [3.63, 3.8) is 0 Å². The summed E-state index contributed by atoms with van der Waals surface area (Å²) < 4.78 is 61.6. The van der Waals surface area contributed by atoms with Crippen molar-refractivity contribution in [3.05, 3.63) is 29.8 Å². The van der Waals surface area contributed by atoms with Crippen molar-refractivity contribution in [1.29, 1.82) is 0 Å². The van der Waals surface area contributed by atoms with Gasteiger partial charge in [0.1, 0.15) is 0 Å². The van der Waals surface area contributed by atoms with Crippen LogP contribution in [0.25, 0.3) is 0 Å². The van der Waals surface area contributed by atoms with Crippen LogP contribution >= 0.6 is 0 Å². The molecule has 1 nitrogen and oxygen atoms in total. The first kappa shape index (κ1) is 12.6. The van der Waals surface area contributed by atoms with Crippen molar-refractivity contribution in [2.75, 3.05) is 0 Å². The van der Waals surface area contributed by atoms with Crippen LogP contribution in [0.1, 0.15) is 12.5 Å². The van der Waals surface area contributed by atoms with E-state index in [2.05, 4.69) is 4.99 Å². The van der Waals surface area contributed by atoms with Gasteiger partial charge in [0.05, 0.1) is 17.0 Å². The zero-order valence-electron chi connectivity index (χ0n) is 8.22. The Morgan fingerprint density at radius 1 is 1.19 bits per heavy atom. The molecule has 16 heavy (non-hydrogen) atoms. The number of aliphatic imine (C=N–C) groups is 1. The molecular weight excluding hydrogens is 229 g/mol. The first-order valence-electron chi connectivity index (χ1n) is 4.32. The largest absolute Gasteiger partial charge is 0.418 e. The summed E-state index contributed by atoms with van der Waals surface area (Å²) in [5.41, 5.74) is -2.15. The number of halogens is 5. The van der Waals surface area contributed by atoms with Crippen molar-refractivity contribution < 1.29 is 22.0 Å². The normalized spacial score (nSPS) is 13.3. The summed E-state index contributed by atoms with van der Waals surface area (Å²) in [5.74, 6) is 0. The van der Waals surface area contributed by atoms with Crippen LogP contribution < -0.4 is 0 Å². The van der Waals surface area contributed by atoms with Crippen LogP contribution in [0, 0.1) is 0 Å². The molecule has 6 heteroatoms. The summed E-state index contributed by atoms with van der Waals surface area (Å²) >= 11 is 0. The van der Waals surface area contributed by atoms with Crippen molar-refractivity contribution >= 4 is 11.4 Å². The Labute approximate surface area is 88.6 Å². The van der Waals surface area contributed by atoms with Gasteiger partial charge in [-0.05, 0) is 19.1 Å². The Bertz CT molecular complexity index is 394. The molecule has 1 aromatic carbocycles. The molecule has 0 atom stereocenters. The molecule has 0 heterocycles. The summed E-state index contributed by atoms with van der Waals surface area (Å²) in [6, 6.07) is 4.35. The van der Waals surface area contributed by atoms with Gasteiger partial charge in [-0.15, -0.1) is 0 Å². The molecule has 1 aromatic rings. The maximum Gasteiger partial charge on any atom is 0.418 e. The molecule has 1 rings (SSSR count). The van der Waals surface area contributed by atoms with E-state index in [1.165, 1.54) is 12.1 Å². The van der Waals surface area contributed by atoms with E-state index in [1.807, 2.05) is 0 Å². The topological polar surface area (TPSA) is 12.4 Å². The third-order valence-electron chi connectivity index (χ3n) is 1.82. The molecule has 0 spiro atoms. The Morgan fingerprint density at radius 2 is 1.75 bits per heavy atom.